The number of methoxy groups -OCH3 is 1. The molecule has 0 aliphatic carbocycles. The fourth-order valence-corrected chi connectivity index (χ4v) is 3.80. The maximum absolute atomic E-state index is 13.3. The van der Waals surface area contributed by atoms with Gasteiger partial charge in [0.25, 0.3) is 11.8 Å². The lowest BCUT2D eigenvalue weighted by atomic mass is 10.0. The van der Waals surface area contributed by atoms with Crippen LogP contribution >= 0.6 is 15.9 Å². The van der Waals surface area contributed by atoms with Gasteiger partial charge in [-0.25, -0.2) is 9.69 Å². The molecule has 0 unspecified atom stereocenters. The topological polar surface area (TPSA) is 84.9 Å². The number of anilines is 1. The Morgan fingerprint density at radius 2 is 1.69 bits per heavy atom. The largest absolute Gasteiger partial charge is 0.497 e. The Balaban J connectivity index is 1.68. The molecule has 4 amide bonds. The minimum Gasteiger partial charge on any atom is -0.497 e. The first-order chi connectivity index (χ1) is 16.8. The first-order valence-corrected chi connectivity index (χ1v) is 11.6. The van der Waals surface area contributed by atoms with E-state index in [0.717, 1.165) is 26.1 Å². The van der Waals surface area contributed by atoms with Gasteiger partial charge in [0.2, 0.25) is 0 Å². The number of carbonyl (C=O) groups excluding carboxylic acids is 3. The van der Waals surface area contributed by atoms with Crippen molar-refractivity contribution in [2.45, 2.75) is 20.5 Å². The van der Waals surface area contributed by atoms with Crippen LogP contribution in [0.3, 0.4) is 0 Å². The second-order valence-electron chi connectivity index (χ2n) is 8.05. The van der Waals surface area contributed by atoms with Gasteiger partial charge < -0.3 is 9.47 Å². The molecule has 1 aliphatic rings. The monoisotopic (exact) mass is 534 g/mol. The number of nitrogens with one attached hydrogen (secondary N) is 1. The number of amides is 4. The number of hydrogen-bond acceptors (Lipinski definition) is 5. The third kappa shape index (κ3) is 5.27. The molecule has 1 heterocycles. The molecule has 0 aromatic heterocycles. The lowest BCUT2D eigenvalue weighted by Gasteiger charge is -2.27. The van der Waals surface area contributed by atoms with Crippen LogP contribution in [0.4, 0.5) is 10.5 Å². The predicted molar refractivity (Wildman–Crippen MR) is 136 cm³/mol. The fourth-order valence-electron chi connectivity index (χ4n) is 3.54. The summed E-state index contributed by atoms with van der Waals surface area (Å²) in [7, 11) is 1.54. The van der Waals surface area contributed by atoms with Crippen LogP contribution in [0.25, 0.3) is 6.08 Å². The molecule has 0 spiro atoms. The summed E-state index contributed by atoms with van der Waals surface area (Å²) in [6, 6.07) is 17.2. The Morgan fingerprint density at radius 1 is 0.943 bits per heavy atom. The Bertz CT molecular complexity index is 1350. The molecule has 7 nitrogen and oxygen atoms in total. The average molecular weight is 535 g/mol. The molecule has 1 N–H and O–H groups in total. The van der Waals surface area contributed by atoms with E-state index in [1.54, 1.807) is 30.3 Å². The lowest BCUT2D eigenvalue weighted by Crippen LogP contribution is -2.54. The van der Waals surface area contributed by atoms with Crippen molar-refractivity contribution in [1.82, 2.24) is 5.32 Å². The summed E-state index contributed by atoms with van der Waals surface area (Å²) in [5, 5.41) is 2.26. The predicted octanol–water partition coefficient (Wildman–Crippen LogP) is 5.32. The summed E-state index contributed by atoms with van der Waals surface area (Å²) >= 11 is 3.41. The Labute approximate surface area is 211 Å². The fraction of sp³-hybridized carbons (Fsp3) is 0.148. The maximum atomic E-state index is 13.3. The number of benzene rings is 3. The Kier molecular flexibility index (Phi) is 7.02. The van der Waals surface area contributed by atoms with Gasteiger partial charge in [-0.15, -0.1) is 0 Å². The molecule has 0 radical (unpaired) electrons. The molecule has 8 heteroatoms. The minimum absolute atomic E-state index is 0.179. The molecule has 1 aliphatic heterocycles. The zero-order valence-electron chi connectivity index (χ0n) is 19.4. The summed E-state index contributed by atoms with van der Waals surface area (Å²) in [5.74, 6) is -0.495. The number of nitrogens with zero attached hydrogens (tertiary/aromatic N) is 1. The molecule has 1 saturated heterocycles. The molecular formula is C27H23BrN2O5. The van der Waals surface area contributed by atoms with E-state index < -0.39 is 17.8 Å². The van der Waals surface area contributed by atoms with Crippen molar-refractivity contribution in [2.24, 2.45) is 0 Å². The number of carbonyl (C=O) groups is 3. The highest BCUT2D eigenvalue weighted by Crippen LogP contribution is 2.30. The van der Waals surface area contributed by atoms with Crippen LogP contribution in [0.1, 0.15) is 22.3 Å². The van der Waals surface area contributed by atoms with E-state index in [4.69, 9.17) is 9.47 Å². The van der Waals surface area contributed by atoms with Gasteiger partial charge in [-0.3, -0.25) is 14.9 Å². The highest BCUT2D eigenvalue weighted by molar-refractivity contribution is 9.10. The number of urea groups is 1. The van der Waals surface area contributed by atoms with Gasteiger partial charge in [-0.05, 0) is 73.0 Å². The van der Waals surface area contributed by atoms with Gasteiger partial charge in [-0.2, -0.15) is 0 Å². The SMILES string of the molecule is COc1ccc(/C=C2\C(=O)NC(=O)N(c3ccc(C)c(C)c3)C2=O)c(OCc2ccc(Br)cc2)c1. The van der Waals surface area contributed by atoms with Crippen molar-refractivity contribution < 1.29 is 23.9 Å². The molecule has 0 bridgehead atoms. The standard InChI is InChI=1S/C27H23BrN2O5/c1-16-4-10-21(12-17(16)2)30-26(32)23(25(31)29-27(30)33)13-19-7-11-22(34-3)14-24(19)35-15-18-5-8-20(28)9-6-18/h4-14H,15H2,1-3H3,(H,29,31,33)/b23-13+. The third-order valence-corrected chi connectivity index (χ3v) is 6.21. The van der Waals surface area contributed by atoms with Gasteiger partial charge in [0, 0.05) is 16.1 Å². The van der Waals surface area contributed by atoms with E-state index in [1.807, 2.05) is 44.2 Å². The van der Waals surface area contributed by atoms with Crippen molar-refractivity contribution in [3.63, 3.8) is 0 Å². The van der Waals surface area contributed by atoms with Crippen LogP contribution in [0, 0.1) is 13.8 Å². The quantitative estimate of drug-likeness (QED) is 0.341. The molecule has 4 rings (SSSR count). The van der Waals surface area contributed by atoms with Gasteiger partial charge in [0.1, 0.15) is 23.7 Å². The molecule has 35 heavy (non-hydrogen) atoms. The molecule has 3 aromatic rings. The zero-order valence-corrected chi connectivity index (χ0v) is 21.0. The van der Waals surface area contributed by atoms with Crippen molar-refractivity contribution in [1.29, 1.82) is 0 Å². The highest BCUT2D eigenvalue weighted by Gasteiger charge is 2.37. The van der Waals surface area contributed by atoms with Crippen molar-refractivity contribution in [3.05, 3.63) is 93.0 Å². The molecule has 0 saturated carbocycles. The Hall–Kier alpha value is -3.91. The van der Waals surface area contributed by atoms with Crippen LogP contribution < -0.4 is 19.7 Å². The number of barbiturate groups is 1. The number of rotatable bonds is 6. The number of aryl methyl sites for hydroxylation is 2. The molecule has 178 valence electrons. The summed E-state index contributed by atoms with van der Waals surface area (Å²) in [5.41, 5.74) is 3.58. The van der Waals surface area contributed by atoms with E-state index in [0.29, 0.717) is 22.7 Å². The van der Waals surface area contributed by atoms with Crippen molar-refractivity contribution in [3.8, 4) is 11.5 Å². The zero-order chi connectivity index (χ0) is 25.1. The van der Waals surface area contributed by atoms with E-state index in [9.17, 15) is 14.4 Å². The van der Waals surface area contributed by atoms with E-state index in [-0.39, 0.29) is 12.2 Å². The van der Waals surface area contributed by atoms with Crippen LogP contribution in [-0.2, 0) is 16.2 Å². The third-order valence-electron chi connectivity index (χ3n) is 5.68. The number of hydrogen-bond donors (Lipinski definition) is 1. The normalized spacial score (nSPS) is 14.8. The Morgan fingerprint density at radius 3 is 2.37 bits per heavy atom. The van der Waals surface area contributed by atoms with Crippen LogP contribution in [-0.4, -0.2) is 25.0 Å². The molecular weight excluding hydrogens is 512 g/mol. The van der Waals surface area contributed by atoms with E-state index >= 15 is 0 Å². The second-order valence-corrected chi connectivity index (χ2v) is 8.96. The van der Waals surface area contributed by atoms with Crippen LogP contribution in [0.2, 0.25) is 0 Å². The number of imide groups is 2. The van der Waals surface area contributed by atoms with E-state index in [2.05, 4.69) is 21.2 Å². The maximum Gasteiger partial charge on any atom is 0.335 e. The van der Waals surface area contributed by atoms with Gasteiger partial charge in [0.15, 0.2) is 0 Å². The first-order valence-electron chi connectivity index (χ1n) is 10.8. The lowest BCUT2D eigenvalue weighted by molar-refractivity contribution is -0.122. The van der Waals surface area contributed by atoms with Gasteiger partial charge in [-0.1, -0.05) is 34.1 Å². The van der Waals surface area contributed by atoms with Crippen LogP contribution in [0.5, 0.6) is 11.5 Å². The molecule has 0 atom stereocenters. The smallest absolute Gasteiger partial charge is 0.335 e. The van der Waals surface area contributed by atoms with Crippen LogP contribution in [0.15, 0.2) is 70.7 Å². The van der Waals surface area contributed by atoms with Crippen molar-refractivity contribution in [2.75, 3.05) is 12.0 Å². The number of halogens is 1. The molecule has 3 aromatic carbocycles. The first kappa shape index (κ1) is 24.2. The minimum atomic E-state index is -0.790. The van der Waals surface area contributed by atoms with Gasteiger partial charge in [0.05, 0.1) is 12.8 Å². The summed E-state index contributed by atoms with van der Waals surface area (Å²) in [4.78, 5) is 39.5. The van der Waals surface area contributed by atoms with Gasteiger partial charge >= 0.3 is 6.03 Å². The molecule has 1 fully saturated rings. The summed E-state index contributed by atoms with van der Waals surface area (Å²) in [6.45, 7) is 4.09. The average Bonchev–Trinajstić information content (AvgIpc) is 2.84. The number of ether oxygens (including phenoxy) is 2. The highest BCUT2D eigenvalue weighted by atomic mass is 79.9. The summed E-state index contributed by atoms with van der Waals surface area (Å²) in [6.07, 6.45) is 1.43. The van der Waals surface area contributed by atoms with Crippen molar-refractivity contribution >= 4 is 45.5 Å². The summed E-state index contributed by atoms with van der Waals surface area (Å²) < 4.78 is 12.3. The van der Waals surface area contributed by atoms with E-state index in [1.165, 1.54) is 13.2 Å². The second kappa shape index (κ2) is 10.1.